The summed E-state index contributed by atoms with van der Waals surface area (Å²) in [5.41, 5.74) is 7.12. The van der Waals surface area contributed by atoms with Gasteiger partial charge in [-0.15, -0.1) is 0 Å². The Morgan fingerprint density at radius 1 is 1.07 bits per heavy atom. The fraction of sp³-hybridized carbons (Fsp3) is 1.00. The molecule has 0 heterocycles. The summed E-state index contributed by atoms with van der Waals surface area (Å²) in [6, 6.07) is 0.547. The molecule has 0 aromatic rings. The lowest BCUT2D eigenvalue weighted by molar-refractivity contribution is 0.0293. The van der Waals surface area contributed by atoms with Crippen LogP contribution in [0.25, 0.3) is 0 Å². The maximum Gasteiger partial charge on any atom is 0.0127 e. The van der Waals surface area contributed by atoms with Crippen molar-refractivity contribution in [3.8, 4) is 0 Å². The SMILES string of the molecule is CC1CCC2(CC1C)[C@@H]1CC[C@@H](C1)[C@H]2N. The summed E-state index contributed by atoms with van der Waals surface area (Å²) in [5, 5.41) is 0. The molecular weight excluding hydrogens is 182 g/mol. The first-order valence-electron chi connectivity index (χ1n) is 6.89. The summed E-state index contributed by atoms with van der Waals surface area (Å²) in [6.07, 6.45) is 8.66. The molecular formula is C14H25N. The van der Waals surface area contributed by atoms with Crippen LogP contribution in [0, 0.1) is 29.1 Å². The Labute approximate surface area is 93.8 Å². The minimum atomic E-state index is 0.547. The van der Waals surface area contributed by atoms with Gasteiger partial charge in [-0.3, -0.25) is 0 Å². The Balaban J connectivity index is 1.85. The number of hydrogen-bond acceptors (Lipinski definition) is 1. The molecule has 0 saturated heterocycles. The van der Waals surface area contributed by atoms with Gasteiger partial charge in [-0.05, 0) is 67.6 Å². The topological polar surface area (TPSA) is 26.0 Å². The number of rotatable bonds is 0. The van der Waals surface area contributed by atoms with Crippen molar-refractivity contribution in [2.75, 3.05) is 0 Å². The van der Waals surface area contributed by atoms with E-state index < -0.39 is 0 Å². The lowest BCUT2D eigenvalue weighted by Crippen LogP contribution is -2.49. The van der Waals surface area contributed by atoms with E-state index in [4.69, 9.17) is 5.73 Å². The van der Waals surface area contributed by atoms with Crippen LogP contribution in [0.2, 0.25) is 0 Å². The highest BCUT2D eigenvalue weighted by Gasteiger charge is 2.57. The van der Waals surface area contributed by atoms with Gasteiger partial charge in [-0.2, -0.15) is 0 Å². The van der Waals surface area contributed by atoms with E-state index in [2.05, 4.69) is 13.8 Å². The molecule has 1 heteroatoms. The van der Waals surface area contributed by atoms with Gasteiger partial charge in [0, 0.05) is 6.04 Å². The summed E-state index contributed by atoms with van der Waals surface area (Å²) in [4.78, 5) is 0. The standard InChI is InChI=1S/C14H25N/c1-9-5-6-14(8-10(9)2)12-4-3-11(7-12)13(14)15/h9-13H,3-8,15H2,1-2H3/t9?,10?,11-,12+,13+,14?/m0/s1. The van der Waals surface area contributed by atoms with Crippen LogP contribution in [-0.2, 0) is 0 Å². The summed E-state index contributed by atoms with van der Waals surface area (Å²) in [6.45, 7) is 4.88. The van der Waals surface area contributed by atoms with Crippen LogP contribution in [0.1, 0.15) is 52.4 Å². The molecule has 3 unspecified atom stereocenters. The van der Waals surface area contributed by atoms with E-state index in [0.717, 1.165) is 23.7 Å². The van der Waals surface area contributed by atoms with Crippen molar-refractivity contribution < 1.29 is 0 Å². The van der Waals surface area contributed by atoms with E-state index in [-0.39, 0.29) is 0 Å². The van der Waals surface area contributed by atoms with Crippen LogP contribution < -0.4 is 5.73 Å². The van der Waals surface area contributed by atoms with Crippen LogP contribution in [0.15, 0.2) is 0 Å². The van der Waals surface area contributed by atoms with Gasteiger partial charge in [0.1, 0.15) is 0 Å². The molecule has 0 aliphatic heterocycles. The summed E-state index contributed by atoms with van der Waals surface area (Å²) >= 11 is 0. The van der Waals surface area contributed by atoms with Gasteiger partial charge in [0.25, 0.3) is 0 Å². The molecule has 1 nitrogen and oxygen atoms in total. The first-order valence-corrected chi connectivity index (χ1v) is 6.89. The van der Waals surface area contributed by atoms with Crippen molar-refractivity contribution in [3.05, 3.63) is 0 Å². The Bertz CT molecular complexity index is 258. The molecule has 0 radical (unpaired) electrons. The van der Waals surface area contributed by atoms with Crippen LogP contribution >= 0.6 is 0 Å². The average Bonchev–Trinajstić information content (AvgIpc) is 2.77. The fourth-order valence-electron chi connectivity index (χ4n) is 4.96. The van der Waals surface area contributed by atoms with Gasteiger partial charge in [-0.25, -0.2) is 0 Å². The monoisotopic (exact) mass is 207 g/mol. The first-order chi connectivity index (χ1) is 7.13. The molecule has 2 bridgehead atoms. The second kappa shape index (κ2) is 3.23. The second-order valence-electron chi connectivity index (χ2n) is 6.73. The Morgan fingerprint density at radius 2 is 1.87 bits per heavy atom. The van der Waals surface area contributed by atoms with Crippen molar-refractivity contribution in [3.63, 3.8) is 0 Å². The third kappa shape index (κ3) is 1.25. The van der Waals surface area contributed by atoms with E-state index in [0.29, 0.717) is 11.5 Å². The zero-order valence-corrected chi connectivity index (χ0v) is 10.2. The van der Waals surface area contributed by atoms with Crippen LogP contribution in [0.4, 0.5) is 0 Å². The minimum Gasteiger partial charge on any atom is -0.327 e. The van der Waals surface area contributed by atoms with Gasteiger partial charge >= 0.3 is 0 Å². The predicted octanol–water partition coefficient (Wildman–Crippen LogP) is 3.19. The van der Waals surface area contributed by atoms with Crippen LogP contribution in [-0.4, -0.2) is 6.04 Å². The molecule has 3 rings (SSSR count). The fourth-order valence-corrected chi connectivity index (χ4v) is 4.96. The Hall–Kier alpha value is -0.0400. The largest absolute Gasteiger partial charge is 0.327 e. The number of fused-ring (bicyclic) bond motifs is 3. The van der Waals surface area contributed by atoms with Crippen molar-refractivity contribution in [1.29, 1.82) is 0 Å². The maximum atomic E-state index is 6.54. The highest BCUT2D eigenvalue weighted by molar-refractivity contribution is 5.10. The third-order valence-corrected chi connectivity index (χ3v) is 6.20. The molecule has 3 aliphatic carbocycles. The van der Waals surface area contributed by atoms with Crippen molar-refractivity contribution in [2.45, 2.75) is 58.4 Å². The lowest BCUT2D eigenvalue weighted by atomic mass is 9.58. The van der Waals surface area contributed by atoms with E-state index in [1.807, 2.05) is 0 Å². The molecule has 1 spiro atoms. The molecule has 2 N–H and O–H groups in total. The smallest absolute Gasteiger partial charge is 0.0127 e. The first kappa shape index (κ1) is 10.1. The van der Waals surface area contributed by atoms with E-state index in [1.165, 1.54) is 38.5 Å². The molecule has 6 atom stereocenters. The summed E-state index contributed by atoms with van der Waals surface area (Å²) < 4.78 is 0. The number of nitrogens with two attached hydrogens (primary N) is 1. The zero-order chi connectivity index (χ0) is 10.6. The highest BCUT2D eigenvalue weighted by Crippen LogP contribution is 2.62. The summed E-state index contributed by atoms with van der Waals surface area (Å²) in [7, 11) is 0. The maximum absolute atomic E-state index is 6.54. The van der Waals surface area contributed by atoms with Gasteiger partial charge < -0.3 is 5.73 Å². The average molecular weight is 207 g/mol. The van der Waals surface area contributed by atoms with Gasteiger partial charge in [0.15, 0.2) is 0 Å². The van der Waals surface area contributed by atoms with Gasteiger partial charge in [0.05, 0.1) is 0 Å². The molecule has 0 aromatic carbocycles. The van der Waals surface area contributed by atoms with Crippen molar-refractivity contribution >= 4 is 0 Å². The second-order valence-corrected chi connectivity index (χ2v) is 6.73. The molecule has 3 fully saturated rings. The van der Waals surface area contributed by atoms with Crippen LogP contribution in [0.3, 0.4) is 0 Å². The van der Waals surface area contributed by atoms with Gasteiger partial charge in [-0.1, -0.05) is 13.8 Å². The number of hydrogen-bond donors (Lipinski definition) is 1. The quantitative estimate of drug-likeness (QED) is 0.648. The van der Waals surface area contributed by atoms with Crippen molar-refractivity contribution in [2.24, 2.45) is 34.8 Å². The highest BCUT2D eigenvalue weighted by atomic mass is 14.8. The third-order valence-electron chi connectivity index (χ3n) is 6.20. The van der Waals surface area contributed by atoms with E-state index >= 15 is 0 Å². The van der Waals surface area contributed by atoms with E-state index in [1.54, 1.807) is 0 Å². The molecule has 3 aliphatic rings. The van der Waals surface area contributed by atoms with Gasteiger partial charge in [0.2, 0.25) is 0 Å². The molecule has 0 amide bonds. The summed E-state index contributed by atoms with van der Waals surface area (Å²) in [5.74, 6) is 3.72. The van der Waals surface area contributed by atoms with E-state index in [9.17, 15) is 0 Å². The molecule has 0 aromatic heterocycles. The lowest BCUT2D eigenvalue weighted by Gasteiger charge is -2.49. The zero-order valence-electron chi connectivity index (χ0n) is 10.2. The molecule has 15 heavy (non-hydrogen) atoms. The minimum absolute atomic E-state index is 0.547. The van der Waals surface area contributed by atoms with Crippen LogP contribution in [0.5, 0.6) is 0 Å². The Kier molecular flexibility index (Phi) is 2.18. The Morgan fingerprint density at radius 3 is 2.47 bits per heavy atom. The normalized spacial score (nSPS) is 59.0. The predicted molar refractivity (Wildman–Crippen MR) is 63.4 cm³/mol. The molecule has 86 valence electrons. The van der Waals surface area contributed by atoms with Crippen molar-refractivity contribution in [1.82, 2.24) is 0 Å². The molecule has 3 saturated carbocycles.